The summed E-state index contributed by atoms with van der Waals surface area (Å²) < 4.78 is 10.0. The molecule has 1 saturated heterocycles. The van der Waals surface area contributed by atoms with Gasteiger partial charge in [0.2, 0.25) is 0 Å². The molecule has 0 aliphatic carbocycles. The average Bonchev–Trinajstić information content (AvgIpc) is 3.01. The van der Waals surface area contributed by atoms with Crippen LogP contribution in [0.5, 0.6) is 5.75 Å². The van der Waals surface area contributed by atoms with Crippen LogP contribution in [0, 0.1) is 6.92 Å². The third-order valence-electron chi connectivity index (χ3n) is 4.25. The molecular formula is C22H20N2O6S. The van der Waals surface area contributed by atoms with Gasteiger partial charge in [-0.2, -0.15) is 0 Å². The molecule has 0 unspecified atom stereocenters. The van der Waals surface area contributed by atoms with Crippen molar-refractivity contribution in [2.24, 2.45) is 0 Å². The Kier molecular flexibility index (Phi) is 7.09. The fourth-order valence-electron chi connectivity index (χ4n) is 2.66. The molecule has 160 valence electrons. The predicted octanol–water partition coefficient (Wildman–Crippen LogP) is 3.22. The highest BCUT2D eigenvalue weighted by atomic mass is 32.2. The summed E-state index contributed by atoms with van der Waals surface area (Å²) in [4.78, 5) is 48.9. The van der Waals surface area contributed by atoms with Crippen LogP contribution >= 0.6 is 11.8 Å². The van der Waals surface area contributed by atoms with E-state index >= 15 is 0 Å². The number of carbonyl (C=O) groups is 4. The van der Waals surface area contributed by atoms with Gasteiger partial charge in [-0.3, -0.25) is 24.1 Å². The zero-order chi connectivity index (χ0) is 22.4. The van der Waals surface area contributed by atoms with Crippen LogP contribution in [0.3, 0.4) is 0 Å². The summed E-state index contributed by atoms with van der Waals surface area (Å²) in [6, 6.07) is 14.2. The summed E-state index contributed by atoms with van der Waals surface area (Å²) >= 11 is 0.741. The normalized spacial score (nSPS) is 14.6. The maximum Gasteiger partial charge on any atom is 0.325 e. The number of hydrogen-bond acceptors (Lipinski definition) is 7. The highest BCUT2D eigenvalue weighted by Gasteiger charge is 2.36. The number of carbonyl (C=O) groups excluding carboxylic acids is 4. The van der Waals surface area contributed by atoms with Crippen LogP contribution in [0.1, 0.15) is 11.1 Å². The van der Waals surface area contributed by atoms with Crippen molar-refractivity contribution in [2.45, 2.75) is 6.92 Å². The maximum atomic E-state index is 12.4. The van der Waals surface area contributed by atoms with E-state index in [1.807, 2.05) is 19.1 Å². The lowest BCUT2D eigenvalue weighted by atomic mass is 10.2. The lowest BCUT2D eigenvalue weighted by molar-refractivity contribution is -0.143. The van der Waals surface area contributed by atoms with Crippen molar-refractivity contribution < 1.29 is 28.7 Å². The average molecular weight is 440 g/mol. The van der Waals surface area contributed by atoms with Crippen molar-refractivity contribution in [2.75, 3.05) is 25.6 Å². The number of nitrogens with one attached hydrogen (secondary N) is 1. The third-order valence-corrected chi connectivity index (χ3v) is 5.16. The number of nitrogens with zero attached hydrogens (tertiary/aromatic N) is 1. The highest BCUT2D eigenvalue weighted by molar-refractivity contribution is 8.18. The van der Waals surface area contributed by atoms with Crippen LogP contribution in [0.4, 0.5) is 10.5 Å². The number of benzene rings is 2. The Balaban J connectivity index is 1.61. The van der Waals surface area contributed by atoms with E-state index in [9.17, 15) is 19.2 Å². The number of rotatable bonds is 7. The minimum absolute atomic E-state index is 0.183. The third kappa shape index (κ3) is 5.95. The Bertz CT molecular complexity index is 1050. The molecule has 9 heteroatoms. The molecule has 0 radical (unpaired) electrons. The van der Waals surface area contributed by atoms with Crippen molar-refractivity contribution in [1.82, 2.24) is 4.90 Å². The number of ether oxygens (including phenoxy) is 2. The molecule has 31 heavy (non-hydrogen) atoms. The first-order valence-electron chi connectivity index (χ1n) is 9.27. The molecular weight excluding hydrogens is 420 g/mol. The zero-order valence-electron chi connectivity index (χ0n) is 16.9. The van der Waals surface area contributed by atoms with Gasteiger partial charge in [0.25, 0.3) is 17.1 Å². The Morgan fingerprint density at radius 3 is 2.58 bits per heavy atom. The van der Waals surface area contributed by atoms with Gasteiger partial charge in [-0.15, -0.1) is 0 Å². The van der Waals surface area contributed by atoms with E-state index in [-0.39, 0.29) is 17.4 Å². The summed E-state index contributed by atoms with van der Waals surface area (Å²) in [6.07, 6.45) is 1.53. The van der Waals surface area contributed by atoms with Gasteiger partial charge < -0.3 is 14.8 Å². The number of esters is 1. The summed E-state index contributed by atoms with van der Waals surface area (Å²) in [5.41, 5.74) is 2.38. The van der Waals surface area contributed by atoms with Crippen LogP contribution in [-0.4, -0.2) is 48.2 Å². The first-order valence-corrected chi connectivity index (χ1v) is 10.1. The first-order chi connectivity index (χ1) is 14.9. The van der Waals surface area contributed by atoms with Crippen LogP contribution in [0.25, 0.3) is 6.08 Å². The minimum atomic E-state index is -0.678. The number of thioether (sulfide) groups is 1. The Morgan fingerprint density at radius 2 is 1.87 bits per heavy atom. The molecule has 1 heterocycles. The van der Waals surface area contributed by atoms with Gasteiger partial charge >= 0.3 is 5.97 Å². The molecule has 0 atom stereocenters. The summed E-state index contributed by atoms with van der Waals surface area (Å²) in [5, 5.41) is 2.20. The van der Waals surface area contributed by atoms with Crippen LogP contribution in [-0.2, 0) is 19.1 Å². The van der Waals surface area contributed by atoms with Crippen LogP contribution in [0.2, 0.25) is 0 Å². The topological polar surface area (TPSA) is 102 Å². The van der Waals surface area contributed by atoms with Gasteiger partial charge in [0, 0.05) is 5.69 Å². The van der Waals surface area contributed by atoms with Gasteiger partial charge in [-0.25, -0.2) is 0 Å². The molecule has 1 N–H and O–H groups in total. The number of hydrogen-bond donors (Lipinski definition) is 1. The second-order valence-electron chi connectivity index (χ2n) is 6.62. The smallest absolute Gasteiger partial charge is 0.325 e. The number of aryl methyl sites for hydroxylation is 1. The molecule has 3 amide bonds. The number of amides is 3. The molecule has 1 fully saturated rings. The monoisotopic (exact) mass is 440 g/mol. The summed E-state index contributed by atoms with van der Waals surface area (Å²) in [6.45, 7) is 1.34. The van der Waals surface area contributed by atoms with E-state index < -0.39 is 23.7 Å². The summed E-state index contributed by atoms with van der Waals surface area (Å²) in [7, 11) is 1.18. The SMILES string of the molecule is COC(=O)CN1C(=O)S/C(=C\c2cccc(OCC(=O)Nc3ccc(C)cc3)c2)C1=O. The van der Waals surface area contributed by atoms with Crippen LogP contribution in [0.15, 0.2) is 53.4 Å². The van der Waals surface area contributed by atoms with Gasteiger partial charge in [0.1, 0.15) is 12.3 Å². The maximum absolute atomic E-state index is 12.4. The standard InChI is InChI=1S/C22H20N2O6S/c1-14-6-8-16(9-7-14)23-19(25)13-30-17-5-3-4-15(10-17)11-18-21(27)24(22(28)31-18)12-20(26)29-2/h3-11H,12-13H2,1-2H3,(H,23,25)/b18-11-. The van der Waals surface area contributed by atoms with Gasteiger partial charge in [-0.1, -0.05) is 29.8 Å². The molecule has 0 bridgehead atoms. The van der Waals surface area contributed by atoms with Gasteiger partial charge in [0.15, 0.2) is 6.61 Å². The molecule has 2 aromatic carbocycles. The quantitative estimate of drug-likeness (QED) is 0.521. The Hall–Kier alpha value is -3.59. The Labute approximate surface area is 183 Å². The van der Waals surface area contributed by atoms with E-state index in [2.05, 4.69) is 10.1 Å². The fraction of sp³-hybridized carbons (Fsp3) is 0.182. The molecule has 0 spiro atoms. The van der Waals surface area contributed by atoms with Crippen molar-refractivity contribution >= 4 is 46.5 Å². The first kappa shape index (κ1) is 22.1. The second-order valence-corrected chi connectivity index (χ2v) is 7.61. The van der Waals surface area contributed by atoms with E-state index in [4.69, 9.17) is 4.74 Å². The summed E-state index contributed by atoms with van der Waals surface area (Å²) in [5.74, 6) is -1.12. The lowest BCUT2D eigenvalue weighted by Crippen LogP contribution is -2.34. The zero-order valence-corrected chi connectivity index (χ0v) is 17.7. The van der Waals surface area contributed by atoms with Crippen molar-refractivity contribution in [3.63, 3.8) is 0 Å². The van der Waals surface area contributed by atoms with E-state index in [0.717, 1.165) is 22.2 Å². The molecule has 0 aromatic heterocycles. The van der Waals surface area contributed by atoms with E-state index in [1.165, 1.54) is 13.2 Å². The Morgan fingerprint density at radius 1 is 1.13 bits per heavy atom. The second kappa shape index (κ2) is 9.94. The fourth-order valence-corrected chi connectivity index (χ4v) is 3.50. The number of anilines is 1. The minimum Gasteiger partial charge on any atom is -0.484 e. The lowest BCUT2D eigenvalue weighted by Gasteiger charge is -2.10. The molecule has 8 nitrogen and oxygen atoms in total. The van der Waals surface area contributed by atoms with Crippen molar-refractivity contribution in [1.29, 1.82) is 0 Å². The highest BCUT2D eigenvalue weighted by Crippen LogP contribution is 2.32. The molecule has 1 aliphatic rings. The molecule has 2 aromatic rings. The molecule has 1 aliphatic heterocycles. The number of methoxy groups -OCH3 is 1. The van der Waals surface area contributed by atoms with E-state index in [0.29, 0.717) is 17.0 Å². The van der Waals surface area contributed by atoms with E-state index in [1.54, 1.807) is 36.4 Å². The van der Waals surface area contributed by atoms with Gasteiger partial charge in [-0.05, 0) is 54.6 Å². The van der Waals surface area contributed by atoms with Crippen molar-refractivity contribution in [3.8, 4) is 5.75 Å². The van der Waals surface area contributed by atoms with Crippen molar-refractivity contribution in [3.05, 3.63) is 64.6 Å². The molecule has 3 rings (SSSR count). The predicted molar refractivity (Wildman–Crippen MR) is 116 cm³/mol. The van der Waals surface area contributed by atoms with Gasteiger partial charge in [0.05, 0.1) is 12.0 Å². The van der Waals surface area contributed by atoms with Crippen LogP contribution < -0.4 is 10.1 Å². The molecule has 0 saturated carbocycles. The number of imide groups is 1. The largest absolute Gasteiger partial charge is 0.484 e.